The Balaban J connectivity index is 1.94. The Bertz CT molecular complexity index is 393. The van der Waals surface area contributed by atoms with Crippen molar-refractivity contribution in [1.82, 2.24) is 9.88 Å². The van der Waals surface area contributed by atoms with Gasteiger partial charge in [0.1, 0.15) is 0 Å². The maximum absolute atomic E-state index is 8.81. The number of rotatable bonds is 4. The molecule has 0 bridgehead atoms. The molecule has 1 saturated heterocycles. The van der Waals surface area contributed by atoms with Crippen LogP contribution >= 0.6 is 0 Å². The summed E-state index contributed by atoms with van der Waals surface area (Å²) in [5.41, 5.74) is 6.83. The van der Waals surface area contributed by atoms with E-state index in [-0.39, 0.29) is 6.04 Å². The van der Waals surface area contributed by atoms with Crippen LogP contribution in [0.1, 0.15) is 25.0 Å². The molecule has 0 saturated carbocycles. The second-order valence-electron chi connectivity index (χ2n) is 4.64. The number of hydrogen-bond acceptors (Lipinski definition) is 4. The second-order valence-corrected chi connectivity index (χ2v) is 4.64. The van der Waals surface area contributed by atoms with E-state index in [0.717, 1.165) is 38.0 Å². The van der Waals surface area contributed by atoms with Crippen molar-refractivity contribution in [2.45, 2.75) is 31.7 Å². The lowest BCUT2D eigenvalue weighted by molar-refractivity contribution is 0.188. The number of hydrogen-bond donors (Lipinski definition) is 2. The molecule has 0 aromatic carbocycles. The first-order valence-electron chi connectivity index (χ1n) is 6.42. The van der Waals surface area contributed by atoms with Crippen LogP contribution in [0.4, 0.5) is 0 Å². The fourth-order valence-corrected chi connectivity index (χ4v) is 2.46. The maximum atomic E-state index is 8.81. The zero-order valence-electron chi connectivity index (χ0n) is 10.5. The molecule has 1 aliphatic heterocycles. The lowest BCUT2D eigenvalue weighted by atomic mass is 10.0. The van der Waals surface area contributed by atoms with Gasteiger partial charge in [-0.1, -0.05) is 17.6 Å². The zero-order chi connectivity index (χ0) is 12.8. The maximum Gasteiger partial charge on any atom is 0.156 e. The standard InChI is InChI=1S/C13H20N4O/c14-13(16-18)12-6-2-4-9-17(12)10-7-11-5-1-3-8-15-11/h1,3,5,8,12,18H,2,4,6-7,9-10H2,(H2,14,16). The largest absolute Gasteiger partial charge is 0.409 e. The van der Waals surface area contributed by atoms with E-state index >= 15 is 0 Å². The Morgan fingerprint density at radius 3 is 3.11 bits per heavy atom. The van der Waals surface area contributed by atoms with Crippen LogP contribution in [-0.4, -0.2) is 40.1 Å². The van der Waals surface area contributed by atoms with Crippen molar-refractivity contribution in [2.24, 2.45) is 10.9 Å². The van der Waals surface area contributed by atoms with Gasteiger partial charge in [0.2, 0.25) is 0 Å². The van der Waals surface area contributed by atoms with Crippen LogP contribution in [0.2, 0.25) is 0 Å². The summed E-state index contributed by atoms with van der Waals surface area (Å²) in [6.45, 7) is 1.91. The summed E-state index contributed by atoms with van der Waals surface area (Å²) in [6.07, 6.45) is 6.00. The SMILES string of the molecule is NC(=NO)C1CCCCN1CCc1ccccn1. The van der Waals surface area contributed by atoms with E-state index in [2.05, 4.69) is 15.0 Å². The molecule has 5 heteroatoms. The predicted octanol–water partition coefficient (Wildman–Crippen LogP) is 1.22. The molecule has 0 spiro atoms. The van der Waals surface area contributed by atoms with Gasteiger partial charge in [-0.2, -0.15) is 0 Å². The monoisotopic (exact) mass is 248 g/mol. The summed E-state index contributed by atoms with van der Waals surface area (Å²) in [4.78, 5) is 6.60. The highest BCUT2D eigenvalue weighted by Gasteiger charge is 2.25. The van der Waals surface area contributed by atoms with Crippen molar-refractivity contribution in [2.75, 3.05) is 13.1 Å². The van der Waals surface area contributed by atoms with Crippen LogP contribution in [0.3, 0.4) is 0 Å². The summed E-state index contributed by atoms with van der Waals surface area (Å²) in [7, 11) is 0. The molecule has 0 radical (unpaired) electrons. The molecule has 1 aromatic heterocycles. The summed E-state index contributed by atoms with van der Waals surface area (Å²) in [6, 6.07) is 6.03. The minimum absolute atomic E-state index is 0.0764. The van der Waals surface area contributed by atoms with Crippen LogP contribution in [-0.2, 0) is 6.42 Å². The number of oxime groups is 1. The zero-order valence-corrected chi connectivity index (χ0v) is 10.5. The van der Waals surface area contributed by atoms with Crippen LogP contribution < -0.4 is 5.73 Å². The third kappa shape index (κ3) is 3.20. The highest BCUT2D eigenvalue weighted by Crippen LogP contribution is 2.17. The first-order chi connectivity index (χ1) is 8.81. The van der Waals surface area contributed by atoms with E-state index < -0.39 is 0 Å². The third-order valence-electron chi connectivity index (χ3n) is 3.45. The fourth-order valence-electron chi connectivity index (χ4n) is 2.46. The molecule has 18 heavy (non-hydrogen) atoms. The average molecular weight is 248 g/mol. The molecule has 5 nitrogen and oxygen atoms in total. The Morgan fingerprint density at radius 1 is 1.50 bits per heavy atom. The van der Waals surface area contributed by atoms with Crippen molar-refractivity contribution >= 4 is 5.84 Å². The van der Waals surface area contributed by atoms with Crippen molar-refractivity contribution in [3.63, 3.8) is 0 Å². The first-order valence-corrected chi connectivity index (χ1v) is 6.42. The van der Waals surface area contributed by atoms with Crippen molar-refractivity contribution in [1.29, 1.82) is 0 Å². The van der Waals surface area contributed by atoms with E-state index in [1.807, 2.05) is 24.4 Å². The molecule has 0 amide bonds. The Hall–Kier alpha value is -1.62. The number of amidine groups is 1. The van der Waals surface area contributed by atoms with Gasteiger partial charge < -0.3 is 10.9 Å². The normalized spacial score (nSPS) is 22.0. The minimum atomic E-state index is 0.0764. The highest BCUT2D eigenvalue weighted by atomic mass is 16.4. The molecule has 2 rings (SSSR count). The molecule has 1 fully saturated rings. The Morgan fingerprint density at radius 2 is 2.39 bits per heavy atom. The minimum Gasteiger partial charge on any atom is -0.409 e. The molecule has 98 valence electrons. The predicted molar refractivity (Wildman–Crippen MR) is 70.6 cm³/mol. The molecule has 1 aliphatic rings. The van der Waals surface area contributed by atoms with Gasteiger partial charge in [-0.05, 0) is 31.5 Å². The summed E-state index contributed by atoms with van der Waals surface area (Å²) in [5, 5.41) is 12.0. The fraction of sp³-hybridized carbons (Fsp3) is 0.538. The smallest absolute Gasteiger partial charge is 0.156 e. The average Bonchev–Trinajstić information content (AvgIpc) is 2.45. The third-order valence-corrected chi connectivity index (χ3v) is 3.45. The molecule has 1 aromatic rings. The van der Waals surface area contributed by atoms with Gasteiger partial charge in [-0.15, -0.1) is 0 Å². The van der Waals surface area contributed by atoms with Gasteiger partial charge in [-0.25, -0.2) is 0 Å². The second kappa shape index (κ2) is 6.35. The molecular formula is C13H20N4O. The molecule has 1 unspecified atom stereocenters. The number of nitrogens with two attached hydrogens (primary N) is 1. The van der Waals surface area contributed by atoms with Gasteiger partial charge in [0, 0.05) is 24.9 Å². The Kier molecular flexibility index (Phi) is 4.52. The summed E-state index contributed by atoms with van der Waals surface area (Å²) >= 11 is 0. The van der Waals surface area contributed by atoms with E-state index in [1.165, 1.54) is 6.42 Å². The molecule has 0 aliphatic carbocycles. The summed E-state index contributed by atoms with van der Waals surface area (Å²) in [5.74, 6) is 0.329. The van der Waals surface area contributed by atoms with Crippen LogP contribution in [0.25, 0.3) is 0 Å². The van der Waals surface area contributed by atoms with Gasteiger partial charge in [0.25, 0.3) is 0 Å². The van der Waals surface area contributed by atoms with E-state index in [4.69, 9.17) is 10.9 Å². The summed E-state index contributed by atoms with van der Waals surface area (Å²) < 4.78 is 0. The van der Waals surface area contributed by atoms with Gasteiger partial charge in [0.15, 0.2) is 5.84 Å². The molecular weight excluding hydrogens is 228 g/mol. The van der Waals surface area contributed by atoms with Crippen molar-refractivity contribution in [3.05, 3.63) is 30.1 Å². The molecule has 2 heterocycles. The quantitative estimate of drug-likeness (QED) is 0.364. The van der Waals surface area contributed by atoms with Crippen molar-refractivity contribution in [3.8, 4) is 0 Å². The molecule has 3 N–H and O–H groups in total. The van der Waals surface area contributed by atoms with E-state index in [9.17, 15) is 0 Å². The number of piperidine rings is 1. The number of pyridine rings is 1. The number of aromatic nitrogens is 1. The van der Waals surface area contributed by atoms with Gasteiger partial charge >= 0.3 is 0 Å². The highest BCUT2D eigenvalue weighted by molar-refractivity contribution is 5.85. The van der Waals surface area contributed by atoms with Crippen LogP contribution in [0, 0.1) is 0 Å². The van der Waals surface area contributed by atoms with Crippen molar-refractivity contribution < 1.29 is 5.21 Å². The van der Waals surface area contributed by atoms with E-state index in [0.29, 0.717) is 5.84 Å². The molecule has 1 atom stereocenters. The lowest BCUT2D eigenvalue weighted by Gasteiger charge is -2.34. The van der Waals surface area contributed by atoms with Crippen LogP contribution in [0.5, 0.6) is 0 Å². The van der Waals surface area contributed by atoms with Gasteiger partial charge in [-0.3, -0.25) is 9.88 Å². The van der Waals surface area contributed by atoms with Gasteiger partial charge in [0.05, 0.1) is 6.04 Å². The number of nitrogens with zero attached hydrogens (tertiary/aromatic N) is 3. The number of likely N-dealkylation sites (tertiary alicyclic amines) is 1. The Labute approximate surface area is 107 Å². The van der Waals surface area contributed by atoms with E-state index in [1.54, 1.807) is 0 Å². The topological polar surface area (TPSA) is 74.7 Å². The lowest BCUT2D eigenvalue weighted by Crippen LogP contribution is -2.48. The first kappa shape index (κ1) is 12.8. The van der Waals surface area contributed by atoms with Crippen LogP contribution in [0.15, 0.2) is 29.6 Å².